The van der Waals surface area contributed by atoms with E-state index < -0.39 is 0 Å². The highest BCUT2D eigenvalue weighted by Gasteiger charge is 2.04. The summed E-state index contributed by atoms with van der Waals surface area (Å²) in [6.07, 6.45) is 1.66. The zero-order chi connectivity index (χ0) is 14.7. The molecule has 0 aliphatic rings. The van der Waals surface area contributed by atoms with Gasteiger partial charge in [-0.25, -0.2) is 4.68 Å². The van der Waals surface area contributed by atoms with Gasteiger partial charge in [0.05, 0.1) is 22.8 Å². The van der Waals surface area contributed by atoms with Gasteiger partial charge in [-0.1, -0.05) is 30.3 Å². The number of fused-ring (bicyclic) bond motifs is 1. The van der Waals surface area contributed by atoms with Gasteiger partial charge in [0.1, 0.15) is 12.7 Å². The number of benzene rings is 2. The molecule has 2 aromatic carbocycles. The topological polar surface area (TPSA) is 70.7 Å². The molecule has 102 valence electrons. The van der Waals surface area contributed by atoms with Crippen LogP contribution in [-0.4, -0.2) is 9.78 Å². The van der Waals surface area contributed by atoms with Crippen molar-refractivity contribution in [3.05, 3.63) is 70.6 Å². The van der Waals surface area contributed by atoms with E-state index in [-0.39, 0.29) is 12.2 Å². The van der Waals surface area contributed by atoms with Crippen LogP contribution in [0.4, 0.5) is 5.69 Å². The Kier molecular flexibility index (Phi) is 3.36. The molecule has 0 aliphatic carbocycles. The summed E-state index contributed by atoms with van der Waals surface area (Å²) in [6.45, 7) is 0.211. The fourth-order valence-corrected chi connectivity index (χ4v) is 2.14. The zero-order valence-corrected chi connectivity index (χ0v) is 11.2. The maximum Gasteiger partial charge on any atom is 0.276 e. The number of rotatable bonds is 3. The molecular formula is C16H12N4O. The normalized spacial score (nSPS) is 10.2. The quantitative estimate of drug-likeness (QED) is 0.797. The van der Waals surface area contributed by atoms with Crippen molar-refractivity contribution in [1.29, 1.82) is 5.26 Å². The van der Waals surface area contributed by atoms with Gasteiger partial charge in [-0.2, -0.15) is 10.4 Å². The van der Waals surface area contributed by atoms with E-state index in [1.807, 2.05) is 24.3 Å². The third-order valence-electron chi connectivity index (χ3n) is 3.23. The first-order valence-electron chi connectivity index (χ1n) is 6.47. The molecule has 0 amide bonds. The average Bonchev–Trinajstić information content (AvgIpc) is 2.55. The van der Waals surface area contributed by atoms with Crippen LogP contribution in [0.5, 0.6) is 0 Å². The summed E-state index contributed by atoms with van der Waals surface area (Å²) in [5, 5.41) is 17.7. The van der Waals surface area contributed by atoms with Crippen molar-refractivity contribution >= 4 is 16.5 Å². The summed E-state index contributed by atoms with van der Waals surface area (Å²) in [5.41, 5.74) is 1.06. The second-order valence-electron chi connectivity index (χ2n) is 4.53. The van der Waals surface area contributed by atoms with Gasteiger partial charge in [0, 0.05) is 5.39 Å². The van der Waals surface area contributed by atoms with Crippen LogP contribution in [0.15, 0.2) is 59.5 Å². The predicted octanol–water partition coefficient (Wildman–Crippen LogP) is 2.34. The van der Waals surface area contributed by atoms with Crippen LogP contribution in [0.2, 0.25) is 0 Å². The Morgan fingerprint density at radius 2 is 1.90 bits per heavy atom. The Morgan fingerprint density at radius 3 is 2.76 bits per heavy atom. The average molecular weight is 276 g/mol. The number of nitrogens with zero attached hydrogens (tertiary/aromatic N) is 3. The SMILES string of the molecule is N#Cc1ccccc1NCn1ncc2ccccc2c1=O. The smallest absolute Gasteiger partial charge is 0.276 e. The largest absolute Gasteiger partial charge is 0.365 e. The standard InChI is InChI=1S/C16H12N4O/c17-9-12-5-2-4-8-15(12)18-11-20-16(21)14-7-3-1-6-13(14)10-19-20/h1-8,10,18H,11H2. The molecule has 0 radical (unpaired) electrons. The van der Waals surface area contributed by atoms with Gasteiger partial charge in [0.2, 0.25) is 0 Å². The minimum atomic E-state index is -0.157. The number of anilines is 1. The first-order valence-corrected chi connectivity index (χ1v) is 6.47. The van der Waals surface area contributed by atoms with Crippen LogP contribution in [0.3, 0.4) is 0 Å². The molecule has 0 atom stereocenters. The second kappa shape index (κ2) is 5.47. The Morgan fingerprint density at radius 1 is 1.14 bits per heavy atom. The zero-order valence-electron chi connectivity index (χ0n) is 11.2. The molecule has 0 unspecified atom stereocenters. The van der Waals surface area contributed by atoms with Crippen LogP contribution in [0, 0.1) is 11.3 Å². The highest BCUT2D eigenvalue weighted by atomic mass is 16.1. The molecule has 0 fully saturated rings. The highest BCUT2D eigenvalue weighted by Crippen LogP contribution is 2.13. The van der Waals surface area contributed by atoms with E-state index in [1.54, 1.807) is 30.5 Å². The summed E-state index contributed by atoms with van der Waals surface area (Å²) in [4.78, 5) is 12.3. The van der Waals surface area contributed by atoms with E-state index in [4.69, 9.17) is 5.26 Å². The Bertz CT molecular complexity index is 892. The second-order valence-corrected chi connectivity index (χ2v) is 4.53. The molecule has 0 saturated carbocycles. The third kappa shape index (κ3) is 2.47. The predicted molar refractivity (Wildman–Crippen MR) is 80.8 cm³/mol. The van der Waals surface area contributed by atoms with Crippen molar-refractivity contribution in [3.63, 3.8) is 0 Å². The fourth-order valence-electron chi connectivity index (χ4n) is 2.14. The minimum absolute atomic E-state index is 0.157. The van der Waals surface area contributed by atoms with Gasteiger partial charge in [0.15, 0.2) is 0 Å². The first kappa shape index (κ1) is 12.9. The van der Waals surface area contributed by atoms with Gasteiger partial charge in [-0.05, 0) is 18.2 Å². The van der Waals surface area contributed by atoms with E-state index in [1.165, 1.54) is 4.68 Å². The molecule has 3 rings (SSSR count). The molecule has 1 heterocycles. The van der Waals surface area contributed by atoms with Crippen molar-refractivity contribution in [1.82, 2.24) is 9.78 Å². The van der Waals surface area contributed by atoms with Crippen molar-refractivity contribution in [2.24, 2.45) is 0 Å². The number of aromatic nitrogens is 2. The van der Waals surface area contributed by atoms with Gasteiger partial charge >= 0.3 is 0 Å². The number of para-hydroxylation sites is 1. The summed E-state index contributed by atoms with van der Waals surface area (Å²) in [7, 11) is 0. The fraction of sp³-hybridized carbons (Fsp3) is 0.0625. The van der Waals surface area contributed by atoms with E-state index in [0.717, 1.165) is 5.39 Å². The lowest BCUT2D eigenvalue weighted by atomic mass is 10.2. The number of nitrogens with one attached hydrogen (secondary N) is 1. The summed E-state index contributed by atoms with van der Waals surface area (Å²) >= 11 is 0. The van der Waals surface area contributed by atoms with Gasteiger partial charge in [-0.15, -0.1) is 0 Å². The molecular weight excluding hydrogens is 264 g/mol. The molecule has 5 nitrogen and oxygen atoms in total. The van der Waals surface area contributed by atoms with Crippen LogP contribution in [0.25, 0.3) is 10.8 Å². The van der Waals surface area contributed by atoms with Gasteiger partial charge in [0.25, 0.3) is 5.56 Å². The monoisotopic (exact) mass is 276 g/mol. The lowest BCUT2D eigenvalue weighted by molar-refractivity contribution is 0.632. The van der Waals surface area contributed by atoms with E-state index >= 15 is 0 Å². The molecule has 21 heavy (non-hydrogen) atoms. The van der Waals surface area contributed by atoms with Crippen LogP contribution >= 0.6 is 0 Å². The molecule has 5 heteroatoms. The van der Waals surface area contributed by atoms with Gasteiger partial charge < -0.3 is 5.32 Å². The molecule has 1 N–H and O–H groups in total. The summed E-state index contributed by atoms with van der Waals surface area (Å²) in [6, 6.07) is 16.6. The lowest BCUT2D eigenvalue weighted by Crippen LogP contribution is -2.26. The Hall–Kier alpha value is -3.13. The number of nitriles is 1. The van der Waals surface area contributed by atoms with Crippen LogP contribution in [0.1, 0.15) is 5.56 Å². The molecule has 0 bridgehead atoms. The third-order valence-corrected chi connectivity index (χ3v) is 3.23. The maximum atomic E-state index is 12.3. The van der Waals surface area contributed by atoms with Crippen molar-refractivity contribution in [2.75, 3.05) is 5.32 Å². The molecule has 0 spiro atoms. The van der Waals surface area contributed by atoms with Crippen molar-refractivity contribution in [3.8, 4) is 6.07 Å². The lowest BCUT2D eigenvalue weighted by Gasteiger charge is -2.09. The number of hydrogen-bond acceptors (Lipinski definition) is 4. The van der Waals surface area contributed by atoms with E-state index in [9.17, 15) is 4.79 Å². The van der Waals surface area contributed by atoms with E-state index in [2.05, 4.69) is 16.5 Å². The Labute approximate surface area is 121 Å². The molecule has 0 saturated heterocycles. The van der Waals surface area contributed by atoms with Crippen LogP contribution in [-0.2, 0) is 6.67 Å². The first-order chi connectivity index (χ1) is 10.3. The van der Waals surface area contributed by atoms with Gasteiger partial charge in [-0.3, -0.25) is 4.79 Å². The summed E-state index contributed by atoms with van der Waals surface area (Å²) < 4.78 is 1.34. The highest BCUT2D eigenvalue weighted by molar-refractivity contribution is 5.80. The molecule has 3 aromatic rings. The molecule has 1 aromatic heterocycles. The minimum Gasteiger partial charge on any atom is -0.365 e. The van der Waals surface area contributed by atoms with Crippen molar-refractivity contribution in [2.45, 2.75) is 6.67 Å². The van der Waals surface area contributed by atoms with Crippen molar-refractivity contribution < 1.29 is 0 Å². The summed E-state index contributed by atoms with van der Waals surface area (Å²) in [5.74, 6) is 0. The Balaban J connectivity index is 1.91. The molecule has 0 aliphatic heterocycles. The van der Waals surface area contributed by atoms with E-state index in [0.29, 0.717) is 16.6 Å². The maximum absolute atomic E-state index is 12.3. The van der Waals surface area contributed by atoms with Crippen LogP contribution < -0.4 is 10.9 Å². The number of hydrogen-bond donors (Lipinski definition) is 1.